The van der Waals surface area contributed by atoms with Crippen molar-refractivity contribution in [1.82, 2.24) is 10.2 Å². The summed E-state index contributed by atoms with van der Waals surface area (Å²) in [7, 11) is -1.53. The first kappa shape index (κ1) is 16.7. The molecule has 0 aromatic heterocycles. The summed E-state index contributed by atoms with van der Waals surface area (Å²) in [5, 5.41) is 2.71. The minimum absolute atomic E-state index is 0.00500. The fourth-order valence-corrected chi connectivity index (χ4v) is 3.41. The number of nitrogens with zero attached hydrogens (tertiary/aromatic N) is 1. The van der Waals surface area contributed by atoms with Crippen LogP contribution in [0.1, 0.15) is 11.1 Å². The Hall–Kier alpha value is -1.67. The predicted molar refractivity (Wildman–Crippen MR) is 79.6 cm³/mol. The van der Waals surface area contributed by atoms with Crippen LogP contribution in [0.3, 0.4) is 0 Å². The van der Waals surface area contributed by atoms with Crippen molar-refractivity contribution in [2.45, 2.75) is 13.2 Å². The van der Waals surface area contributed by atoms with Crippen LogP contribution in [0.2, 0.25) is 0 Å². The average molecular weight is 330 g/mol. The Bertz CT molecular complexity index is 634. The van der Waals surface area contributed by atoms with E-state index in [1.165, 1.54) is 18.1 Å². The zero-order chi connectivity index (χ0) is 16.2. The molecule has 2 amide bonds. The van der Waals surface area contributed by atoms with Gasteiger partial charge in [0.05, 0.1) is 18.1 Å². The van der Waals surface area contributed by atoms with Crippen molar-refractivity contribution in [3.05, 3.63) is 35.1 Å². The Morgan fingerprint density at radius 1 is 1.36 bits per heavy atom. The SMILES string of the molecule is COCc1cc(CNC(=O)N2CCS(=O)(=O)CC2)ccc1F. The standard InChI is InChI=1S/C14H19FN2O4S/c1-21-10-12-8-11(2-3-13(12)15)9-16-14(18)17-4-6-22(19,20)7-5-17/h2-3,8H,4-7,9-10H2,1H3,(H,16,18). The minimum atomic E-state index is -3.01. The maximum atomic E-state index is 13.5. The first-order valence-electron chi connectivity index (χ1n) is 6.91. The van der Waals surface area contributed by atoms with Gasteiger partial charge in [-0.25, -0.2) is 17.6 Å². The first-order chi connectivity index (χ1) is 10.4. The highest BCUT2D eigenvalue weighted by molar-refractivity contribution is 7.91. The summed E-state index contributed by atoms with van der Waals surface area (Å²) in [6.45, 7) is 0.815. The number of amides is 2. The van der Waals surface area contributed by atoms with Gasteiger partial charge in [-0.15, -0.1) is 0 Å². The van der Waals surface area contributed by atoms with Gasteiger partial charge in [0.2, 0.25) is 0 Å². The van der Waals surface area contributed by atoms with Gasteiger partial charge in [0.1, 0.15) is 5.82 Å². The topological polar surface area (TPSA) is 75.7 Å². The molecular formula is C14H19FN2O4S. The van der Waals surface area contributed by atoms with Crippen molar-refractivity contribution in [1.29, 1.82) is 0 Å². The molecular weight excluding hydrogens is 311 g/mol. The monoisotopic (exact) mass is 330 g/mol. The van der Waals surface area contributed by atoms with E-state index in [1.54, 1.807) is 12.1 Å². The highest BCUT2D eigenvalue weighted by atomic mass is 32.2. The van der Waals surface area contributed by atoms with Gasteiger partial charge < -0.3 is 15.0 Å². The van der Waals surface area contributed by atoms with Crippen LogP contribution in [-0.4, -0.2) is 51.1 Å². The second-order valence-electron chi connectivity index (χ2n) is 5.16. The number of hydrogen-bond acceptors (Lipinski definition) is 4. The normalized spacial score (nSPS) is 17.3. The van der Waals surface area contributed by atoms with Crippen LogP contribution < -0.4 is 5.32 Å². The number of urea groups is 1. The minimum Gasteiger partial charge on any atom is -0.380 e. The van der Waals surface area contributed by atoms with E-state index in [0.717, 1.165) is 5.56 Å². The third-order valence-electron chi connectivity index (χ3n) is 3.49. The Labute approximate surface area is 129 Å². The van der Waals surface area contributed by atoms with Crippen molar-refractivity contribution in [3.8, 4) is 0 Å². The first-order valence-corrected chi connectivity index (χ1v) is 8.73. The van der Waals surface area contributed by atoms with Gasteiger partial charge >= 0.3 is 6.03 Å². The van der Waals surface area contributed by atoms with Crippen LogP contribution in [0.5, 0.6) is 0 Å². The molecule has 0 aliphatic carbocycles. The zero-order valence-electron chi connectivity index (χ0n) is 12.3. The Morgan fingerprint density at radius 2 is 2.05 bits per heavy atom. The summed E-state index contributed by atoms with van der Waals surface area (Å²) in [6.07, 6.45) is 0. The molecule has 1 aromatic carbocycles. The van der Waals surface area contributed by atoms with Crippen molar-refractivity contribution in [2.75, 3.05) is 31.7 Å². The second kappa shape index (κ2) is 7.06. The smallest absolute Gasteiger partial charge is 0.317 e. The van der Waals surface area contributed by atoms with Crippen LogP contribution in [0.25, 0.3) is 0 Å². The van der Waals surface area contributed by atoms with Gasteiger partial charge in [-0.05, 0) is 17.7 Å². The molecule has 0 saturated carbocycles. The number of carbonyl (C=O) groups is 1. The molecule has 0 radical (unpaired) electrons. The quantitative estimate of drug-likeness (QED) is 0.890. The number of methoxy groups -OCH3 is 1. The fourth-order valence-electron chi connectivity index (χ4n) is 2.21. The van der Waals surface area contributed by atoms with E-state index in [2.05, 4.69) is 5.32 Å². The maximum Gasteiger partial charge on any atom is 0.317 e. The lowest BCUT2D eigenvalue weighted by Crippen LogP contribution is -2.47. The van der Waals surface area contributed by atoms with Crippen molar-refractivity contribution in [3.63, 3.8) is 0 Å². The molecule has 8 heteroatoms. The third kappa shape index (κ3) is 4.41. The van der Waals surface area contributed by atoms with Crippen molar-refractivity contribution < 1.29 is 22.3 Å². The van der Waals surface area contributed by atoms with E-state index in [-0.39, 0.29) is 49.6 Å². The molecule has 1 aliphatic rings. The van der Waals surface area contributed by atoms with Gasteiger partial charge in [0, 0.05) is 32.3 Å². The summed E-state index contributed by atoms with van der Waals surface area (Å²) in [4.78, 5) is 13.5. The molecule has 1 heterocycles. The van der Waals surface area contributed by atoms with E-state index in [9.17, 15) is 17.6 Å². The molecule has 0 unspecified atom stereocenters. The molecule has 0 spiro atoms. The lowest BCUT2D eigenvalue weighted by molar-refractivity contribution is 0.181. The third-order valence-corrected chi connectivity index (χ3v) is 5.09. The van der Waals surface area contributed by atoms with E-state index in [4.69, 9.17) is 4.74 Å². The summed E-state index contributed by atoms with van der Waals surface area (Å²) in [6, 6.07) is 4.26. The zero-order valence-corrected chi connectivity index (χ0v) is 13.2. The molecule has 1 saturated heterocycles. The largest absolute Gasteiger partial charge is 0.380 e. The summed E-state index contributed by atoms with van der Waals surface area (Å²) in [5.41, 5.74) is 1.18. The number of benzene rings is 1. The lowest BCUT2D eigenvalue weighted by atomic mass is 10.1. The average Bonchev–Trinajstić information content (AvgIpc) is 2.48. The lowest BCUT2D eigenvalue weighted by Gasteiger charge is -2.26. The van der Waals surface area contributed by atoms with E-state index >= 15 is 0 Å². The highest BCUT2D eigenvalue weighted by Gasteiger charge is 2.24. The molecule has 22 heavy (non-hydrogen) atoms. The van der Waals surface area contributed by atoms with Gasteiger partial charge in [0.25, 0.3) is 0 Å². The number of rotatable bonds is 4. The van der Waals surface area contributed by atoms with E-state index in [0.29, 0.717) is 5.56 Å². The second-order valence-corrected chi connectivity index (χ2v) is 7.46. The molecule has 0 bridgehead atoms. The summed E-state index contributed by atoms with van der Waals surface area (Å²) >= 11 is 0. The van der Waals surface area contributed by atoms with Gasteiger partial charge in [0.15, 0.2) is 9.84 Å². The summed E-state index contributed by atoms with van der Waals surface area (Å²) < 4.78 is 41.0. The number of ether oxygens (including phenoxy) is 1. The van der Waals surface area contributed by atoms with Crippen molar-refractivity contribution in [2.24, 2.45) is 0 Å². The Balaban J connectivity index is 1.90. The molecule has 1 aliphatic heterocycles. The number of hydrogen-bond donors (Lipinski definition) is 1. The molecule has 1 aromatic rings. The van der Waals surface area contributed by atoms with E-state index < -0.39 is 9.84 Å². The van der Waals surface area contributed by atoms with Gasteiger partial charge in [-0.2, -0.15) is 0 Å². The summed E-state index contributed by atoms with van der Waals surface area (Å²) in [5.74, 6) is -0.359. The highest BCUT2D eigenvalue weighted by Crippen LogP contribution is 2.12. The molecule has 2 rings (SSSR count). The molecule has 0 atom stereocenters. The molecule has 1 fully saturated rings. The van der Waals surface area contributed by atoms with Crippen molar-refractivity contribution >= 4 is 15.9 Å². The number of nitrogens with one attached hydrogen (secondary N) is 1. The van der Waals surface area contributed by atoms with Crippen LogP contribution in [0, 0.1) is 5.82 Å². The molecule has 1 N–H and O–H groups in total. The number of carbonyl (C=O) groups excluding carboxylic acids is 1. The van der Waals surface area contributed by atoms with Crippen LogP contribution >= 0.6 is 0 Å². The van der Waals surface area contributed by atoms with Gasteiger partial charge in [-0.1, -0.05) is 6.07 Å². The van der Waals surface area contributed by atoms with Crippen LogP contribution in [0.4, 0.5) is 9.18 Å². The van der Waals surface area contributed by atoms with Crippen LogP contribution in [0.15, 0.2) is 18.2 Å². The predicted octanol–water partition coefficient (Wildman–Crippen LogP) is 0.912. The maximum absolute atomic E-state index is 13.5. The van der Waals surface area contributed by atoms with E-state index in [1.807, 2.05) is 0 Å². The Morgan fingerprint density at radius 3 is 2.68 bits per heavy atom. The Kier molecular flexibility index (Phi) is 5.36. The number of halogens is 1. The molecule has 122 valence electrons. The molecule has 6 nitrogen and oxygen atoms in total. The fraction of sp³-hybridized carbons (Fsp3) is 0.500. The number of sulfone groups is 1. The van der Waals surface area contributed by atoms with Gasteiger partial charge in [-0.3, -0.25) is 0 Å². The van der Waals surface area contributed by atoms with Crippen LogP contribution in [-0.2, 0) is 27.7 Å².